The van der Waals surface area contributed by atoms with Crippen LogP contribution in [-0.4, -0.2) is 26.2 Å². The highest BCUT2D eigenvalue weighted by Crippen LogP contribution is 2.24. The third-order valence-electron chi connectivity index (χ3n) is 2.57. The van der Waals surface area contributed by atoms with Gasteiger partial charge in [0.05, 0.1) is 11.1 Å². The molecule has 1 rings (SSSR count). The first-order chi connectivity index (χ1) is 6.72. The zero-order valence-corrected chi connectivity index (χ0v) is 11.5. The van der Waals surface area contributed by atoms with Gasteiger partial charge in [0, 0.05) is 16.0 Å². The smallest absolute Gasteiger partial charge is 0.223 e. The fourth-order valence-electron chi connectivity index (χ4n) is 0.809. The molecule has 5 heteroatoms. The van der Waals surface area contributed by atoms with Gasteiger partial charge in [-0.15, -0.1) is 0 Å². The molecule has 0 radical (unpaired) electrons. The van der Waals surface area contributed by atoms with Crippen molar-refractivity contribution < 1.29 is 5.11 Å². The molecule has 1 heterocycles. The van der Waals surface area contributed by atoms with Crippen LogP contribution in [-0.2, 0) is 0 Å². The molecule has 0 aliphatic heterocycles. The monoisotopic (exact) mass is 321 g/mol. The Balaban J connectivity index is 2.82. The lowest BCUT2D eigenvalue weighted by atomic mass is 9.86. The predicted molar refractivity (Wildman–Crippen MR) is 68.7 cm³/mol. The minimum atomic E-state index is -0.848. The lowest BCUT2D eigenvalue weighted by Gasteiger charge is -2.37. The lowest BCUT2D eigenvalue weighted by Crippen LogP contribution is -2.51. The fourth-order valence-corrected chi connectivity index (χ4v) is 1.09. The molecule has 0 saturated carbocycles. The summed E-state index contributed by atoms with van der Waals surface area (Å²) in [5, 5.41) is 13.1. The van der Waals surface area contributed by atoms with Crippen LogP contribution < -0.4 is 5.32 Å². The molecule has 0 saturated heterocycles. The van der Waals surface area contributed by atoms with E-state index in [1.807, 2.05) is 13.8 Å². The number of hydrogen-bond donors (Lipinski definition) is 2. The largest absolute Gasteiger partial charge is 0.388 e. The normalized spacial score (nSPS) is 12.7. The maximum atomic E-state index is 9.94. The lowest BCUT2D eigenvalue weighted by molar-refractivity contribution is 0.0237. The second-order valence-electron chi connectivity index (χ2n) is 4.53. The van der Waals surface area contributed by atoms with Gasteiger partial charge in [0.1, 0.15) is 0 Å². The van der Waals surface area contributed by atoms with Gasteiger partial charge in [0.15, 0.2) is 0 Å². The molecule has 0 fully saturated rings. The van der Waals surface area contributed by atoms with E-state index in [0.29, 0.717) is 5.95 Å². The van der Waals surface area contributed by atoms with E-state index in [2.05, 4.69) is 37.9 Å². The Morgan fingerprint density at radius 2 is 1.67 bits per heavy atom. The summed E-state index contributed by atoms with van der Waals surface area (Å²) in [6.07, 6.45) is 3.46. The van der Waals surface area contributed by atoms with Crippen LogP contribution in [0, 0.1) is 3.57 Å². The van der Waals surface area contributed by atoms with Gasteiger partial charge < -0.3 is 10.4 Å². The summed E-state index contributed by atoms with van der Waals surface area (Å²) in [6.45, 7) is 7.34. The third kappa shape index (κ3) is 3.27. The molecule has 0 spiro atoms. The van der Waals surface area contributed by atoms with Crippen LogP contribution in [0.15, 0.2) is 12.4 Å². The van der Waals surface area contributed by atoms with Crippen LogP contribution in [0.1, 0.15) is 27.7 Å². The standard InChI is InChI=1S/C10H16IN3O/c1-9(2,10(3,4)15)14-8-12-5-7(11)6-13-8/h5-6,15H,1-4H3,(H,12,13,14). The molecule has 1 aromatic heterocycles. The van der Waals surface area contributed by atoms with Gasteiger partial charge in [-0.05, 0) is 50.3 Å². The van der Waals surface area contributed by atoms with E-state index in [-0.39, 0.29) is 0 Å². The molecule has 0 aromatic carbocycles. The Morgan fingerprint density at radius 1 is 1.20 bits per heavy atom. The Hall–Kier alpha value is -0.430. The van der Waals surface area contributed by atoms with Crippen molar-refractivity contribution in [3.05, 3.63) is 16.0 Å². The highest BCUT2D eigenvalue weighted by molar-refractivity contribution is 14.1. The minimum absolute atomic E-state index is 0.486. The van der Waals surface area contributed by atoms with Gasteiger partial charge in [-0.1, -0.05) is 0 Å². The Kier molecular flexibility index (Phi) is 3.55. The van der Waals surface area contributed by atoms with Gasteiger partial charge >= 0.3 is 0 Å². The number of nitrogens with zero attached hydrogens (tertiary/aromatic N) is 2. The summed E-state index contributed by atoms with van der Waals surface area (Å²) in [7, 11) is 0. The van der Waals surface area contributed by atoms with Crippen LogP contribution in [0.5, 0.6) is 0 Å². The number of nitrogens with one attached hydrogen (secondary N) is 1. The zero-order valence-electron chi connectivity index (χ0n) is 9.37. The van der Waals surface area contributed by atoms with Crippen molar-refractivity contribution >= 4 is 28.5 Å². The summed E-state index contributed by atoms with van der Waals surface area (Å²) >= 11 is 2.15. The van der Waals surface area contributed by atoms with Crippen molar-refractivity contribution in [2.45, 2.75) is 38.8 Å². The van der Waals surface area contributed by atoms with Gasteiger partial charge in [0.25, 0.3) is 0 Å². The highest BCUT2D eigenvalue weighted by atomic mass is 127. The summed E-state index contributed by atoms with van der Waals surface area (Å²) in [5.41, 5.74) is -1.33. The first-order valence-corrected chi connectivity index (χ1v) is 5.78. The molecule has 0 amide bonds. The van der Waals surface area contributed by atoms with Crippen molar-refractivity contribution in [1.29, 1.82) is 0 Å². The third-order valence-corrected chi connectivity index (χ3v) is 3.13. The molecular weight excluding hydrogens is 305 g/mol. The average molecular weight is 321 g/mol. The highest BCUT2D eigenvalue weighted by Gasteiger charge is 2.35. The number of halogens is 1. The fraction of sp³-hybridized carbons (Fsp3) is 0.600. The zero-order chi connectivity index (χ0) is 11.7. The maximum absolute atomic E-state index is 9.94. The molecule has 0 aliphatic rings. The summed E-state index contributed by atoms with van der Waals surface area (Å²) in [4.78, 5) is 8.27. The molecule has 0 unspecified atom stereocenters. The quantitative estimate of drug-likeness (QED) is 0.837. The van der Waals surface area contributed by atoms with Crippen LogP contribution in [0.25, 0.3) is 0 Å². The summed E-state index contributed by atoms with van der Waals surface area (Å²) < 4.78 is 0.985. The second-order valence-corrected chi connectivity index (χ2v) is 5.78. The van der Waals surface area contributed by atoms with Crippen LogP contribution in [0.2, 0.25) is 0 Å². The Bertz CT molecular complexity index is 330. The number of anilines is 1. The topological polar surface area (TPSA) is 58.0 Å². The van der Waals surface area contributed by atoms with E-state index in [9.17, 15) is 5.11 Å². The van der Waals surface area contributed by atoms with E-state index in [4.69, 9.17) is 0 Å². The van der Waals surface area contributed by atoms with Crippen LogP contribution >= 0.6 is 22.6 Å². The number of rotatable bonds is 3. The molecule has 2 N–H and O–H groups in total. The number of aliphatic hydroxyl groups is 1. The molecule has 4 nitrogen and oxygen atoms in total. The number of hydrogen-bond acceptors (Lipinski definition) is 4. The predicted octanol–water partition coefficient (Wildman–Crippen LogP) is 2.04. The molecule has 1 aromatic rings. The van der Waals surface area contributed by atoms with Crippen molar-refractivity contribution in [1.82, 2.24) is 9.97 Å². The molecule has 15 heavy (non-hydrogen) atoms. The van der Waals surface area contributed by atoms with Gasteiger partial charge in [0.2, 0.25) is 5.95 Å². The molecule has 84 valence electrons. The van der Waals surface area contributed by atoms with Crippen molar-refractivity contribution in [3.63, 3.8) is 0 Å². The molecule has 0 atom stereocenters. The van der Waals surface area contributed by atoms with Crippen LogP contribution in [0.3, 0.4) is 0 Å². The Labute approximate surface area is 104 Å². The minimum Gasteiger partial charge on any atom is -0.388 e. The second kappa shape index (κ2) is 4.21. The van der Waals surface area contributed by atoms with Gasteiger partial charge in [-0.3, -0.25) is 0 Å². The molecular formula is C10H16IN3O. The maximum Gasteiger partial charge on any atom is 0.223 e. The SMILES string of the molecule is CC(C)(O)C(C)(C)Nc1ncc(I)cn1. The van der Waals surface area contributed by atoms with Crippen molar-refractivity contribution in [2.24, 2.45) is 0 Å². The first-order valence-electron chi connectivity index (χ1n) is 4.70. The number of aromatic nitrogens is 2. The molecule has 0 bridgehead atoms. The summed E-state index contributed by atoms with van der Waals surface area (Å²) in [5.74, 6) is 0.530. The van der Waals surface area contributed by atoms with Crippen LogP contribution in [0.4, 0.5) is 5.95 Å². The van der Waals surface area contributed by atoms with E-state index in [1.165, 1.54) is 0 Å². The van der Waals surface area contributed by atoms with E-state index >= 15 is 0 Å². The molecule has 0 aliphatic carbocycles. The van der Waals surface area contributed by atoms with Crippen molar-refractivity contribution in [2.75, 3.05) is 5.32 Å². The average Bonchev–Trinajstić information content (AvgIpc) is 2.06. The van der Waals surface area contributed by atoms with E-state index in [0.717, 1.165) is 3.57 Å². The van der Waals surface area contributed by atoms with Gasteiger partial charge in [-0.2, -0.15) is 0 Å². The Morgan fingerprint density at radius 3 is 2.07 bits per heavy atom. The van der Waals surface area contributed by atoms with Crippen molar-refractivity contribution in [3.8, 4) is 0 Å². The van der Waals surface area contributed by atoms with E-state index in [1.54, 1.807) is 26.2 Å². The first kappa shape index (κ1) is 12.6. The summed E-state index contributed by atoms with van der Waals surface area (Å²) in [6, 6.07) is 0. The van der Waals surface area contributed by atoms with Gasteiger partial charge in [-0.25, -0.2) is 9.97 Å². The van der Waals surface area contributed by atoms with E-state index < -0.39 is 11.1 Å².